The SMILES string of the molecule is CCC1(CC)CCN(c2cccc(OC)c2C(C)N)CC1. The Balaban J connectivity index is 2.24. The van der Waals surface area contributed by atoms with Gasteiger partial charge in [-0.15, -0.1) is 0 Å². The highest BCUT2D eigenvalue weighted by Gasteiger charge is 2.32. The second-order valence-corrected chi connectivity index (χ2v) is 6.38. The van der Waals surface area contributed by atoms with Crippen LogP contribution in [0.4, 0.5) is 5.69 Å². The van der Waals surface area contributed by atoms with Crippen LogP contribution >= 0.6 is 0 Å². The average Bonchev–Trinajstić information content (AvgIpc) is 2.54. The molecule has 0 radical (unpaired) electrons. The highest BCUT2D eigenvalue weighted by Crippen LogP contribution is 2.41. The van der Waals surface area contributed by atoms with Crippen LogP contribution in [0.2, 0.25) is 0 Å². The van der Waals surface area contributed by atoms with Crippen molar-refractivity contribution in [3.8, 4) is 5.75 Å². The van der Waals surface area contributed by atoms with Crippen molar-refractivity contribution < 1.29 is 4.74 Å². The van der Waals surface area contributed by atoms with Gasteiger partial charge in [0.05, 0.1) is 7.11 Å². The first-order valence-electron chi connectivity index (χ1n) is 8.24. The number of piperidine rings is 1. The Hall–Kier alpha value is -1.22. The van der Waals surface area contributed by atoms with Gasteiger partial charge in [0.25, 0.3) is 0 Å². The number of nitrogens with two attached hydrogens (primary N) is 1. The van der Waals surface area contributed by atoms with Gasteiger partial charge in [0.2, 0.25) is 0 Å². The molecule has 21 heavy (non-hydrogen) atoms. The fraction of sp³-hybridized carbons (Fsp3) is 0.667. The van der Waals surface area contributed by atoms with Crippen LogP contribution in [-0.2, 0) is 0 Å². The Labute approximate surface area is 129 Å². The number of nitrogens with zero attached hydrogens (tertiary/aromatic N) is 1. The number of ether oxygens (including phenoxy) is 1. The number of hydrogen-bond acceptors (Lipinski definition) is 3. The Morgan fingerprint density at radius 3 is 2.33 bits per heavy atom. The molecule has 2 N–H and O–H groups in total. The molecule has 1 unspecified atom stereocenters. The molecule has 1 saturated heterocycles. The molecule has 0 spiro atoms. The van der Waals surface area contributed by atoms with Gasteiger partial charge in [-0.1, -0.05) is 32.8 Å². The smallest absolute Gasteiger partial charge is 0.125 e. The molecule has 1 aromatic carbocycles. The second kappa shape index (κ2) is 6.69. The Morgan fingerprint density at radius 1 is 1.24 bits per heavy atom. The molecular formula is C18H30N2O. The van der Waals surface area contributed by atoms with E-state index >= 15 is 0 Å². The summed E-state index contributed by atoms with van der Waals surface area (Å²) < 4.78 is 5.51. The predicted molar refractivity (Wildman–Crippen MR) is 90.1 cm³/mol. The van der Waals surface area contributed by atoms with Gasteiger partial charge in [0, 0.05) is 30.4 Å². The van der Waals surface area contributed by atoms with E-state index in [0.29, 0.717) is 5.41 Å². The van der Waals surface area contributed by atoms with Crippen LogP contribution in [0.25, 0.3) is 0 Å². The first-order valence-corrected chi connectivity index (χ1v) is 8.24. The van der Waals surface area contributed by atoms with Crippen molar-refractivity contribution in [3.05, 3.63) is 23.8 Å². The largest absolute Gasteiger partial charge is 0.496 e. The van der Waals surface area contributed by atoms with Crippen LogP contribution in [0.5, 0.6) is 5.75 Å². The maximum absolute atomic E-state index is 6.20. The molecule has 2 rings (SSSR count). The molecule has 3 nitrogen and oxygen atoms in total. The molecule has 1 heterocycles. The predicted octanol–water partition coefficient (Wildman–Crippen LogP) is 4.12. The maximum Gasteiger partial charge on any atom is 0.125 e. The Bertz CT molecular complexity index is 456. The van der Waals surface area contributed by atoms with E-state index in [-0.39, 0.29) is 6.04 Å². The zero-order chi connectivity index (χ0) is 15.5. The van der Waals surface area contributed by atoms with E-state index in [1.165, 1.54) is 31.4 Å². The Morgan fingerprint density at radius 2 is 1.86 bits per heavy atom. The minimum absolute atomic E-state index is 0.0137. The highest BCUT2D eigenvalue weighted by molar-refractivity contribution is 5.61. The van der Waals surface area contributed by atoms with Crippen molar-refractivity contribution in [2.45, 2.75) is 52.5 Å². The van der Waals surface area contributed by atoms with Gasteiger partial charge in [-0.3, -0.25) is 0 Å². The van der Waals surface area contributed by atoms with Gasteiger partial charge in [-0.25, -0.2) is 0 Å². The summed E-state index contributed by atoms with van der Waals surface area (Å²) in [5.41, 5.74) is 9.14. The third-order valence-corrected chi connectivity index (χ3v) is 5.38. The zero-order valence-electron chi connectivity index (χ0n) is 14.0. The monoisotopic (exact) mass is 290 g/mol. The zero-order valence-corrected chi connectivity index (χ0v) is 14.0. The summed E-state index contributed by atoms with van der Waals surface area (Å²) in [6.07, 6.45) is 5.12. The van der Waals surface area contributed by atoms with E-state index in [9.17, 15) is 0 Å². The molecular weight excluding hydrogens is 260 g/mol. The van der Waals surface area contributed by atoms with E-state index in [1.54, 1.807) is 7.11 Å². The quantitative estimate of drug-likeness (QED) is 0.886. The van der Waals surface area contributed by atoms with Crippen molar-refractivity contribution in [1.29, 1.82) is 0 Å². The van der Waals surface area contributed by atoms with Crippen LogP contribution in [-0.4, -0.2) is 20.2 Å². The lowest BCUT2D eigenvalue weighted by atomic mass is 9.74. The maximum atomic E-state index is 6.20. The average molecular weight is 290 g/mol. The van der Waals surface area contributed by atoms with Crippen molar-refractivity contribution in [1.82, 2.24) is 0 Å². The van der Waals surface area contributed by atoms with Crippen molar-refractivity contribution in [3.63, 3.8) is 0 Å². The first kappa shape index (κ1) is 16.2. The number of benzene rings is 1. The van der Waals surface area contributed by atoms with Crippen LogP contribution in [0.1, 0.15) is 58.1 Å². The molecule has 1 aliphatic rings. The molecule has 118 valence electrons. The third kappa shape index (κ3) is 3.18. The van der Waals surface area contributed by atoms with Gasteiger partial charge in [0.1, 0.15) is 5.75 Å². The van der Waals surface area contributed by atoms with Crippen LogP contribution < -0.4 is 15.4 Å². The molecule has 0 bridgehead atoms. The third-order valence-electron chi connectivity index (χ3n) is 5.38. The highest BCUT2D eigenvalue weighted by atomic mass is 16.5. The van der Waals surface area contributed by atoms with E-state index < -0.39 is 0 Å². The topological polar surface area (TPSA) is 38.5 Å². The van der Waals surface area contributed by atoms with Gasteiger partial charge in [0.15, 0.2) is 0 Å². The number of anilines is 1. The lowest BCUT2D eigenvalue weighted by Gasteiger charge is -2.42. The molecule has 0 aliphatic carbocycles. The molecule has 0 amide bonds. The molecule has 1 fully saturated rings. The first-order chi connectivity index (χ1) is 10.1. The summed E-state index contributed by atoms with van der Waals surface area (Å²) in [6.45, 7) is 8.94. The lowest BCUT2D eigenvalue weighted by Crippen LogP contribution is -2.40. The minimum Gasteiger partial charge on any atom is -0.496 e. The van der Waals surface area contributed by atoms with Crippen LogP contribution in [0.15, 0.2) is 18.2 Å². The van der Waals surface area contributed by atoms with E-state index in [2.05, 4.69) is 30.9 Å². The van der Waals surface area contributed by atoms with E-state index in [1.807, 2.05) is 13.0 Å². The van der Waals surface area contributed by atoms with Gasteiger partial charge >= 0.3 is 0 Å². The molecule has 1 atom stereocenters. The minimum atomic E-state index is -0.0137. The van der Waals surface area contributed by atoms with Gasteiger partial charge < -0.3 is 15.4 Å². The van der Waals surface area contributed by atoms with Crippen molar-refractivity contribution >= 4 is 5.69 Å². The second-order valence-electron chi connectivity index (χ2n) is 6.38. The molecule has 0 aromatic heterocycles. The van der Waals surface area contributed by atoms with Crippen LogP contribution in [0.3, 0.4) is 0 Å². The van der Waals surface area contributed by atoms with Gasteiger partial charge in [-0.2, -0.15) is 0 Å². The molecule has 0 saturated carbocycles. The Kier molecular flexibility index (Phi) is 5.15. The summed E-state index contributed by atoms with van der Waals surface area (Å²) >= 11 is 0. The van der Waals surface area contributed by atoms with Crippen molar-refractivity contribution in [2.75, 3.05) is 25.1 Å². The molecule has 3 heteroatoms. The normalized spacial score (nSPS) is 19.4. The molecule has 1 aromatic rings. The summed E-state index contributed by atoms with van der Waals surface area (Å²) in [4.78, 5) is 2.49. The number of rotatable bonds is 5. The summed E-state index contributed by atoms with van der Waals surface area (Å²) in [5.74, 6) is 0.908. The summed E-state index contributed by atoms with van der Waals surface area (Å²) in [5, 5.41) is 0. The van der Waals surface area contributed by atoms with E-state index in [0.717, 1.165) is 24.4 Å². The van der Waals surface area contributed by atoms with Gasteiger partial charge in [-0.05, 0) is 37.3 Å². The fourth-order valence-corrected chi connectivity index (χ4v) is 3.62. The lowest BCUT2D eigenvalue weighted by molar-refractivity contribution is 0.199. The van der Waals surface area contributed by atoms with Crippen LogP contribution in [0, 0.1) is 5.41 Å². The van der Waals surface area contributed by atoms with Crippen molar-refractivity contribution in [2.24, 2.45) is 11.1 Å². The summed E-state index contributed by atoms with van der Waals surface area (Å²) in [6, 6.07) is 6.25. The number of hydrogen-bond donors (Lipinski definition) is 1. The number of methoxy groups -OCH3 is 1. The van der Waals surface area contributed by atoms with E-state index in [4.69, 9.17) is 10.5 Å². The standard InChI is InChI=1S/C18H30N2O/c1-5-18(6-2)10-12-20(13-11-18)15-8-7-9-16(21-4)17(15)14(3)19/h7-9,14H,5-6,10-13,19H2,1-4H3. The molecule has 1 aliphatic heterocycles. The fourth-order valence-electron chi connectivity index (χ4n) is 3.62. The summed E-state index contributed by atoms with van der Waals surface area (Å²) in [7, 11) is 1.72.